The molecular formula is C36H62O3. The highest BCUT2D eigenvalue weighted by Gasteiger charge is 2.46. The fourth-order valence-corrected chi connectivity index (χ4v) is 9.40. The van der Waals surface area contributed by atoms with Gasteiger partial charge >= 0.3 is 0 Å². The van der Waals surface area contributed by atoms with E-state index < -0.39 is 12.2 Å². The van der Waals surface area contributed by atoms with Gasteiger partial charge in [0.05, 0.1) is 24.4 Å². The Balaban J connectivity index is 1.36. The maximum atomic E-state index is 11.5. The first-order valence-corrected chi connectivity index (χ1v) is 17.0. The summed E-state index contributed by atoms with van der Waals surface area (Å²) in [6.07, 6.45) is 15.5. The molecule has 13 atom stereocenters. The van der Waals surface area contributed by atoms with Crippen LogP contribution in [0.1, 0.15) is 125 Å². The van der Waals surface area contributed by atoms with Gasteiger partial charge in [0.1, 0.15) is 0 Å². The predicted octanol–water partition coefficient (Wildman–Crippen LogP) is 8.74. The minimum absolute atomic E-state index is 0.130. The van der Waals surface area contributed by atoms with Crippen LogP contribution in [0.15, 0.2) is 24.3 Å². The summed E-state index contributed by atoms with van der Waals surface area (Å²) in [5.41, 5.74) is 1.89. The van der Waals surface area contributed by atoms with Gasteiger partial charge < -0.3 is 14.9 Å². The predicted molar refractivity (Wildman–Crippen MR) is 163 cm³/mol. The normalized spacial score (nSPS) is 41.9. The molecule has 2 N–H and O–H groups in total. The number of aliphatic hydroxyl groups is 2. The van der Waals surface area contributed by atoms with Crippen LogP contribution in [0.3, 0.4) is 0 Å². The van der Waals surface area contributed by atoms with Gasteiger partial charge in [-0.15, -0.1) is 0 Å². The first-order valence-electron chi connectivity index (χ1n) is 17.0. The van der Waals surface area contributed by atoms with Crippen LogP contribution in [0.25, 0.3) is 0 Å². The lowest BCUT2D eigenvalue weighted by atomic mass is 9.61. The average molecular weight is 543 g/mol. The van der Waals surface area contributed by atoms with Crippen molar-refractivity contribution in [1.29, 1.82) is 0 Å². The van der Waals surface area contributed by atoms with Gasteiger partial charge in [-0.25, -0.2) is 0 Å². The maximum Gasteiger partial charge on any atom is 0.0997 e. The Morgan fingerprint density at radius 1 is 1.03 bits per heavy atom. The molecule has 224 valence electrons. The summed E-state index contributed by atoms with van der Waals surface area (Å²) < 4.78 is 6.77. The lowest BCUT2D eigenvalue weighted by molar-refractivity contribution is -0.136. The van der Waals surface area contributed by atoms with E-state index in [9.17, 15) is 10.2 Å². The summed E-state index contributed by atoms with van der Waals surface area (Å²) in [7, 11) is 0. The Morgan fingerprint density at radius 2 is 1.77 bits per heavy atom. The Morgan fingerprint density at radius 3 is 2.51 bits per heavy atom. The van der Waals surface area contributed by atoms with Crippen molar-refractivity contribution >= 4 is 0 Å². The Labute approximate surface area is 241 Å². The highest BCUT2D eigenvalue weighted by molar-refractivity contribution is 5.23. The van der Waals surface area contributed by atoms with Crippen LogP contribution in [0, 0.1) is 53.3 Å². The fourth-order valence-electron chi connectivity index (χ4n) is 9.40. The summed E-state index contributed by atoms with van der Waals surface area (Å²) in [6.45, 7) is 20.6. The first-order chi connectivity index (χ1) is 18.6. The molecule has 0 amide bonds. The number of rotatable bonds is 10. The zero-order valence-electron chi connectivity index (χ0n) is 26.1. The number of hydrogen-bond acceptors (Lipinski definition) is 3. The quantitative estimate of drug-likeness (QED) is 0.271. The largest absolute Gasteiger partial charge is 0.393 e. The standard InChI is InChI=1S/C36H62O3/c1-8-22(2)15-17-28-11-9-13-30(26(28)6)27(7)33(37)20-24(4)35-25(5)21-34(38)36(39-35)31-14-10-12-29-18-16-23(3)19-32(29)31/h22-23,26-38H,4-5,8-21H2,1-3,6-7H3. The van der Waals surface area contributed by atoms with Crippen LogP contribution < -0.4 is 0 Å². The Kier molecular flexibility index (Phi) is 11.2. The molecule has 3 aliphatic carbocycles. The molecule has 0 aromatic rings. The summed E-state index contributed by atoms with van der Waals surface area (Å²) in [5.74, 6) is 5.79. The van der Waals surface area contributed by atoms with Crippen molar-refractivity contribution in [2.45, 2.75) is 149 Å². The van der Waals surface area contributed by atoms with E-state index in [1.165, 1.54) is 77.0 Å². The third kappa shape index (κ3) is 7.42. The van der Waals surface area contributed by atoms with Crippen molar-refractivity contribution in [2.24, 2.45) is 53.3 Å². The topological polar surface area (TPSA) is 49.7 Å². The van der Waals surface area contributed by atoms with Gasteiger partial charge in [0.25, 0.3) is 0 Å². The van der Waals surface area contributed by atoms with Gasteiger partial charge in [0.15, 0.2) is 0 Å². The third-order valence-electron chi connectivity index (χ3n) is 12.3. The van der Waals surface area contributed by atoms with Gasteiger partial charge in [0, 0.05) is 0 Å². The van der Waals surface area contributed by atoms with E-state index >= 15 is 0 Å². The number of fused-ring (bicyclic) bond motifs is 1. The molecule has 39 heavy (non-hydrogen) atoms. The molecule has 4 rings (SSSR count). The highest BCUT2D eigenvalue weighted by Crippen LogP contribution is 2.50. The zero-order chi connectivity index (χ0) is 28.3. The molecule has 0 aromatic carbocycles. The van der Waals surface area contributed by atoms with Crippen LogP contribution in [0.2, 0.25) is 0 Å². The van der Waals surface area contributed by atoms with E-state index in [1.54, 1.807) is 0 Å². The zero-order valence-corrected chi connectivity index (χ0v) is 26.1. The van der Waals surface area contributed by atoms with E-state index in [-0.39, 0.29) is 18.1 Å². The first kappa shape index (κ1) is 31.3. The molecule has 1 saturated heterocycles. The van der Waals surface area contributed by atoms with E-state index in [4.69, 9.17) is 4.74 Å². The van der Waals surface area contributed by atoms with E-state index in [0.29, 0.717) is 36.5 Å². The van der Waals surface area contributed by atoms with E-state index in [1.807, 2.05) is 0 Å². The second-order valence-corrected chi connectivity index (χ2v) is 14.9. The van der Waals surface area contributed by atoms with Gasteiger partial charge in [0.2, 0.25) is 0 Å². The Hall–Kier alpha value is -0.640. The van der Waals surface area contributed by atoms with E-state index in [0.717, 1.165) is 34.8 Å². The van der Waals surface area contributed by atoms with Crippen molar-refractivity contribution < 1.29 is 14.9 Å². The van der Waals surface area contributed by atoms with Gasteiger partial charge in [-0.2, -0.15) is 0 Å². The molecule has 3 nitrogen and oxygen atoms in total. The van der Waals surface area contributed by atoms with Gasteiger partial charge in [-0.05, 0) is 109 Å². The van der Waals surface area contributed by atoms with Gasteiger partial charge in [-0.3, -0.25) is 0 Å². The molecular weight excluding hydrogens is 480 g/mol. The fraction of sp³-hybridized carbons (Fsp3) is 0.889. The van der Waals surface area contributed by atoms with Crippen LogP contribution in [0.4, 0.5) is 0 Å². The second kappa shape index (κ2) is 14.0. The number of ether oxygens (including phenoxy) is 1. The molecule has 0 aromatic heterocycles. The van der Waals surface area contributed by atoms with Crippen LogP contribution in [-0.2, 0) is 4.74 Å². The van der Waals surface area contributed by atoms with Crippen LogP contribution in [-0.4, -0.2) is 34.6 Å². The lowest BCUT2D eigenvalue weighted by Gasteiger charge is -2.49. The minimum atomic E-state index is -0.471. The van der Waals surface area contributed by atoms with Crippen molar-refractivity contribution in [2.75, 3.05) is 0 Å². The molecule has 1 heterocycles. The van der Waals surface area contributed by atoms with Crippen molar-refractivity contribution in [3.05, 3.63) is 24.3 Å². The molecule has 4 aliphatic rings. The molecule has 1 aliphatic heterocycles. The average Bonchev–Trinajstić information content (AvgIpc) is 2.91. The monoisotopic (exact) mass is 542 g/mol. The van der Waals surface area contributed by atoms with Crippen LogP contribution >= 0.6 is 0 Å². The molecule has 4 fully saturated rings. The minimum Gasteiger partial charge on any atom is -0.393 e. The SMILES string of the molecule is C=C(CC(O)C(C)C1CCCC(CCC(C)CC)C1C)C1OC(C2CCCC3CCC(C)CC32)C(O)CC1=C. The second-order valence-electron chi connectivity index (χ2n) is 14.9. The van der Waals surface area contributed by atoms with Crippen molar-refractivity contribution in [3.63, 3.8) is 0 Å². The summed E-state index contributed by atoms with van der Waals surface area (Å²) in [6, 6.07) is 0. The summed E-state index contributed by atoms with van der Waals surface area (Å²) in [4.78, 5) is 0. The summed E-state index contributed by atoms with van der Waals surface area (Å²) in [5, 5.41) is 22.6. The third-order valence-corrected chi connectivity index (χ3v) is 12.3. The highest BCUT2D eigenvalue weighted by atomic mass is 16.5. The lowest BCUT2D eigenvalue weighted by Crippen LogP contribution is -2.50. The van der Waals surface area contributed by atoms with Crippen LogP contribution in [0.5, 0.6) is 0 Å². The molecule has 0 bridgehead atoms. The molecule has 0 spiro atoms. The number of hydrogen-bond donors (Lipinski definition) is 2. The van der Waals surface area contributed by atoms with Gasteiger partial charge in [-0.1, -0.05) is 92.7 Å². The van der Waals surface area contributed by atoms with E-state index in [2.05, 4.69) is 47.8 Å². The molecule has 0 radical (unpaired) electrons. The van der Waals surface area contributed by atoms with Crippen molar-refractivity contribution in [1.82, 2.24) is 0 Å². The maximum absolute atomic E-state index is 11.5. The Bertz CT molecular complexity index is 805. The molecule has 3 heteroatoms. The summed E-state index contributed by atoms with van der Waals surface area (Å²) >= 11 is 0. The van der Waals surface area contributed by atoms with Crippen molar-refractivity contribution in [3.8, 4) is 0 Å². The molecule has 13 unspecified atom stereocenters. The molecule has 3 saturated carbocycles. The number of aliphatic hydroxyl groups excluding tert-OH is 2. The smallest absolute Gasteiger partial charge is 0.0997 e.